The summed E-state index contributed by atoms with van der Waals surface area (Å²) >= 11 is 0. The number of allylic oxidation sites excluding steroid dienone is 2. The van der Waals surface area contributed by atoms with E-state index in [2.05, 4.69) is 24.2 Å². The molecule has 0 saturated heterocycles. The van der Waals surface area contributed by atoms with Crippen molar-refractivity contribution in [3.05, 3.63) is 40.6 Å². The Bertz CT molecular complexity index is 886. The molecule has 1 atom stereocenters. The van der Waals surface area contributed by atoms with Gasteiger partial charge in [-0.15, -0.1) is 0 Å². The number of rotatable bonds is 3. The number of hydrogen-bond donors (Lipinski definition) is 2. The first-order chi connectivity index (χ1) is 11.9. The Hall–Kier alpha value is -2.18. The quantitative estimate of drug-likeness (QED) is 0.841. The minimum Gasteiger partial charge on any atom is -0.460 e. The van der Waals surface area contributed by atoms with Crippen LogP contribution in [0.3, 0.4) is 0 Å². The van der Waals surface area contributed by atoms with E-state index >= 15 is 0 Å². The molecule has 132 valence electrons. The van der Waals surface area contributed by atoms with Crippen LogP contribution >= 0.6 is 0 Å². The fourth-order valence-corrected chi connectivity index (χ4v) is 3.85. The van der Waals surface area contributed by atoms with Crippen molar-refractivity contribution >= 4 is 5.71 Å². The monoisotopic (exact) mass is 341 g/mol. The molecule has 2 N–H and O–H groups in total. The first-order valence-corrected chi connectivity index (χ1v) is 8.71. The summed E-state index contributed by atoms with van der Waals surface area (Å²) in [5.41, 5.74) is 6.03. The molecule has 0 saturated carbocycles. The molecule has 0 amide bonds. The van der Waals surface area contributed by atoms with Crippen LogP contribution < -0.4 is 0 Å². The molecule has 2 aromatic heterocycles. The molecular weight excluding hydrogens is 318 g/mol. The van der Waals surface area contributed by atoms with Crippen LogP contribution in [0.2, 0.25) is 0 Å². The van der Waals surface area contributed by atoms with Gasteiger partial charge in [0.25, 0.3) is 0 Å². The Morgan fingerprint density at radius 3 is 2.80 bits per heavy atom. The predicted molar refractivity (Wildman–Crippen MR) is 94.2 cm³/mol. The van der Waals surface area contributed by atoms with E-state index in [1.807, 2.05) is 18.5 Å². The van der Waals surface area contributed by atoms with Crippen LogP contribution in [-0.4, -0.2) is 25.7 Å². The number of fused-ring (bicyclic) bond motifs is 3. The van der Waals surface area contributed by atoms with Gasteiger partial charge in [-0.25, -0.2) is 0 Å². The van der Waals surface area contributed by atoms with Crippen LogP contribution in [0, 0.1) is 12.8 Å². The van der Waals surface area contributed by atoms with E-state index in [1.165, 1.54) is 5.56 Å². The molecule has 0 spiro atoms. The standard InChI is InChI=1S/C19H23N3O3/c1-10-4-5-13(12(3)20-10)8-22-9-14-6-7-15-16(17(14)21-22)11(2)18(25-15)19(23)24/h4,9,13,19,23-24H,5-8H2,1-3H3. The summed E-state index contributed by atoms with van der Waals surface area (Å²) in [7, 11) is 0. The number of aliphatic hydroxyl groups excluding tert-OH is 1. The van der Waals surface area contributed by atoms with E-state index in [0.717, 1.165) is 59.8 Å². The number of hydrogen-bond acceptors (Lipinski definition) is 5. The molecule has 1 aliphatic carbocycles. The van der Waals surface area contributed by atoms with Crippen molar-refractivity contribution in [2.45, 2.75) is 52.9 Å². The van der Waals surface area contributed by atoms with E-state index in [4.69, 9.17) is 9.52 Å². The zero-order valence-corrected chi connectivity index (χ0v) is 14.8. The molecular formula is C19H23N3O3. The average molecular weight is 341 g/mol. The van der Waals surface area contributed by atoms with Crippen molar-refractivity contribution in [1.82, 2.24) is 9.78 Å². The van der Waals surface area contributed by atoms with Gasteiger partial charge in [0.1, 0.15) is 5.76 Å². The summed E-state index contributed by atoms with van der Waals surface area (Å²) in [6.07, 6.45) is 5.29. The van der Waals surface area contributed by atoms with Gasteiger partial charge in [0, 0.05) is 47.6 Å². The van der Waals surface area contributed by atoms with Gasteiger partial charge < -0.3 is 14.6 Å². The van der Waals surface area contributed by atoms with Crippen LogP contribution in [0.5, 0.6) is 0 Å². The molecule has 1 aliphatic heterocycles. The molecule has 6 heteroatoms. The lowest BCUT2D eigenvalue weighted by molar-refractivity contribution is -0.0591. The molecule has 2 aromatic rings. The third-order valence-electron chi connectivity index (χ3n) is 5.24. The highest BCUT2D eigenvalue weighted by molar-refractivity contribution is 5.86. The van der Waals surface area contributed by atoms with E-state index in [0.29, 0.717) is 5.92 Å². The lowest BCUT2D eigenvalue weighted by atomic mass is 9.93. The van der Waals surface area contributed by atoms with Crippen molar-refractivity contribution in [2.75, 3.05) is 0 Å². The normalized spacial score (nSPS) is 19.5. The molecule has 0 fully saturated rings. The van der Waals surface area contributed by atoms with E-state index in [-0.39, 0.29) is 5.76 Å². The molecule has 0 aromatic carbocycles. The third-order valence-corrected chi connectivity index (χ3v) is 5.24. The highest BCUT2D eigenvalue weighted by Crippen LogP contribution is 2.39. The fraction of sp³-hybridized carbons (Fsp3) is 0.474. The van der Waals surface area contributed by atoms with Crippen LogP contribution in [0.15, 0.2) is 27.4 Å². The number of aryl methyl sites for hydroxylation is 2. The summed E-state index contributed by atoms with van der Waals surface area (Å²) in [4.78, 5) is 4.58. The maximum atomic E-state index is 9.49. The van der Waals surface area contributed by atoms with Gasteiger partial charge in [0.15, 0.2) is 5.76 Å². The van der Waals surface area contributed by atoms with Crippen molar-refractivity contribution in [3.63, 3.8) is 0 Å². The van der Waals surface area contributed by atoms with Gasteiger partial charge in [0.05, 0.1) is 5.69 Å². The summed E-state index contributed by atoms with van der Waals surface area (Å²) in [5.74, 6) is 1.39. The lowest BCUT2D eigenvalue weighted by Gasteiger charge is -2.19. The zero-order valence-electron chi connectivity index (χ0n) is 14.8. The molecule has 0 radical (unpaired) electrons. The van der Waals surface area contributed by atoms with Crippen LogP contribution in [-0.2, 0) is 19.4 Å². The number of aliphatic imine (C=N–C) groups is 1. The summed E-state index contributed by atoms with van der Waals surface area (Å²) in [6, 6.07) is 0. The number of nitrogens with zero attached hydrogens (tertiary/aromatic N) is 3. The Kier molecular flexibility index (Phi) is 3.89. The first-order valence-electron chi connectivity index (χ1n) is 8.71. The van der Waals surface area contributed by atoms with Crippen LogP contribution in [0.4, 0.5) is 0 Å². The van der Waals surface area contributed by atoms with Crippen molar-refractivity contribution in [2.24, 2.45) is 10.9 Å². The number of aliphatic hydroxyl groups is 2. The Labute approximate surface area is 146 Å². The molecule has 3 heterocycles. The zero-order chi connectivity index (χ0) is 17.7. The second-order valence-corrected chi connectivity index (χ2v) is 7.02. The van der Waals surface area contributed by atoms with Gasteiger partial charge >= 0.3 is 0 Å². The Morgan fingerprint density at radius 2 is 2.08 bits per heavy atom. The summed E-state index contributed by atoms with van der Waals surface area (Å²) < 4.78 is 7.67. The summed E-state index contributed by atoms with van der Waals surface area (Å²) in [6.45, 7) is 6.77. The Morgan fingerprint density at radius 1 is 1.28 bits per heavy atom. The van der Waals surface area contributed by atoms with Crippen LogP contribution in [0.1, 0.15) is 49.2 Å². The van der Waals surface area contributed by atoms with Gasteiger partial charge in [0.2, 0.25) is 6.29 Å². The third kappa shape index (κ3) is 2.75. The molecule has 2 aliphatic rings. The minimum absolute atomic E-state index is 0.225. The molecule has 1 unspecified atom stereocenters. The van der Waals surface area contributed by atoms with Crippen molar-refractivity contribution in [3.8, 4) is 11.3 Å². The maximum Gasteiger partial charge on any atom is 0.212 e. The second kappa shape index (κ2) is 5.97. The molecule has 6 nitrogen and oxygen atoms in total. The van der Waals surface area contributed by atoms with Gasteiger partial charge in [-0.05, 0) is 39.2 Å². The van der Waals surface area contributed by atoms with E-state index in [9.17, 15) is 10.2 Å². The molecule has 4 rings (SSSR count). The topological polar surface area (TPSA) is 83.8 Å². The largest absolute Gasteiger partial charge is 0.460 e. The molecule has 25 heavy (non-hydrogen) atoms. The average Bonchev–Trinajstić information content (AvgIpc) is 3.10. The number of aromatic nitrogens is 2. The second-order valence-electron chi connectivity index (χ2n) is 7.02. The summed E-state index contributed by atoms with van der Waals surface area (Å²) in [5, 5.41) is 23.8. The van der Waals surface area contributed by atoms with Gasteiger partial charge in [-0.3, -0.25) is 9.67 Å². The SMILES string of the molecule is CC1=CCC(Cn2cc3c(n2)-c2c(oc(C(O)O)c2C)CC3)C(C)=N1. The molecule has 0 bridgehead atoms. The van der Waals surface area contributed by atoms with E-state index < -0.39 is 6.29 Å². The lowest BCUT2D eigenvalue weighted by Crippen LogP contribution is -2.20. The van der Waals surface area contributed by atoms with Crippen LogP contribution in [0.25, 0.3) is 11.3 Å². The minimum atomic E-state index is -1.59. The maximum absolute atomic E-state index is 9.49. The van der Waals surface area contributed by atoms with Gasteiger partial charge in [-0.2, -0.15) is 5.10 Å². The number of furan rings is 1. The Balaban J connectivity index is 1.66. The fourth-order valence-electron chi connectivity index (χ4n) is 3.85. The highest BCUT2D eigenvalue weighted by Gasteiger charge is 2.29. The van der Waals surface area contributed by atoms with Crippen molar-refractivity contribution < 1.29 is 14.6 Å². The first kappa shape index (κ1) is 16.3. The van der Waals surface area contributed by atoms with Crippen molar-refractivity contribution in [1.29, 1.82) is 0 Å². The predicted octanol–water partition coefficient (Wildman–Crippen LogP) is 2.92. The van der Waals surface area contributed by atoms with Gasteiger partial charge in [-0.1, -0.05) is 6.08 Å². The highest BCUT2D eigenvalue weighted by atomic mass is 16.5. The smallest absolute Gasteiger partial charge is 0.212 e. The van der Waals surface area contributed by atoms with E-state index in [1.54, 1.807) is 0 Å².